The first-order chi connectivity index (χ1) is 10.3. The Kier molecular flexibility index (Phi) is 5.79. The van der Waals surface area contributed by atoms with E-state index in [1.807, 2.05) is 60.7 Å². The second-order valence-electron chi connectivity index (χ2n) is 4.93. The van der Waals surface area contributed by atoms with E-state index in [9.17, 15) is 4.79 Å². The van der Waals surface area contributed by atoms with E-state index in [1.54, 1.807) is 0 Å². The normalized spacial score (nSPS) is 11.7. The smallest absolute Gasteiger partial charge is 0.315 e. The van der Waals surface area contributed by atoms with Crippen LogP contribution in [-0.2, 0) is 13.0 Å². The van der Waals surface area contributed by atoms with E-state index < -0.39 is 0 Å². The Hall–Kier alpha value is -2.33. The Labute approximate surface area is 125 Å². The molecule has 4 heteroatoms. The van der Waals surface area contributed by atoms with Gasteiger partial charge in [-0.1, -0.05) is 60.7 Å². The van der Waals surface area contributed by atoms with Gasteiger partial charge in [0.1, 0.15) is 0 Å². The van der Waals surface area contributed by atoms with Crippen molar-refractivity contribution in [1.82, 2.24) is 10.6 Å². The molecule has 0 aliphatic heterocycles. The summed E-state index contributed by atoms with van der Waals surface area (Å²) in [6, 6.07) is 19.6. The Bertz CT molecular complexity index is 542. The molecule has 1 atom stereocenters. The highest BCUT2D eigenvalue weighted by Gasteiger charge is 2.10. The Morgan fingerprint density at radius 3 is 2.10 bits per heavy atom. The topological polar surface area (TPSA) is 67.1 Å². The molecule has 4 nitrogen and oxygen atoms in total. The van der Waals surface area contributed by atoms with Crippen molar-refractivity contribution >= 4 is 6.03 Å². The summed E-state index contributed by atoms with van der Waals surface area (Å²) in [5.74, 6) is 0. The molecule has 0 saturated heterocycles. The Morgan fingerprint density at radius 2 is 1.52 bits per heavy atom. The van der Waals surface area contributed by atoms with E-state index in [0.29, 0.717) is 13.1 Å². The molecule has 0 bridgehead atoms. The van der Waals surface area contributed by atoms with Crippen molar-refractivity contribution in [2.45, 2.75) is 19.0 Å². The lowest BCUT2D eigenvalue weighted by atomic mass is 10.1. The minimum absolute atomic E-state index is 0.0665. The van der Waals surface area contributed by atoms with Gasteiger partial charge in [0.15, 0.2) is 0 Å². The monoisotopic (exact) mass is 283 g/mol. The van der Waals surface area contributed by atoms with Gasteiger partial charge >= 0.3 is 6.03 Å². The summed E-state index contributed by atoms with van der Waals surface area (Å²) in [6.07, 6.45) is 0.732. The number of benzene rings is 2. The molecule has 0 spiro atoms. The quantitative estimate of drug-likeness (QED) is 0.759. The second kappa shape index (κ2) is 8.07. The van der Waals surface area contributed by atoms with Crippen LogP contribution in [0.4, 0.5) is 4.79 Å². The van der Waals surface area contributed by atoms with Crippen molar-refractivity contribution in [3.05, 3.63) is 71.8 Å². The summed E-state index contributed by atoms with van der Waals surface area (Å²) in [5.41, 5.74) is 7.97. The highest BCUT2D eigenvalue weighted by Crippen LogP contribution is 2.02. The zero-order chi connectivity index (χ0) is 14.9. The molecule has 2 rings (SSSR count). The number of hydrogen-bond donors (Lipinski definition) is 3. The summed E-state index contributed by atoms with van der Waals surface area (Å²) in [6.45, 7) is 0.920. The van der Waals surface area contributed by atoms with Crippen LogP contribution in [0, 0.1) is 0 Å². The van der Waals surface area contributed by atoms with E-state index in [2.05, 4.69) is 10.6 Å². The summed E-state index contributed by atoms with van der Waals surface area (Å²) in [7, 11) is 0. The number of carbonyl (C=O) groups excluding carboxylic acids is 1. The maximum Gasteiger partial charge on any atom is 0.315 e. The minimum Gasteiger partial charge on any atom is -0.334 e. The first-order valence-electron chi connectivity index (χ1n) is 7.10. The molecule has 0 aliphatic carbocycles. The van der Waals surface area contributed by atoms with Gasteiger partial charge in [0, 0.05) is 19.1 Å². The van der Waals surface area contributed by atoms with Gasteiger partial charge in [-0.2, -0.15) is 0 Å². The molecular formula is C17H21N3O. The van der Waals surface area contributed by atoms with Gasteiger partial charge in [-0.25, -0.2) is 4.79 Å². The van der Waals surface area contributed by atoms with E-state index >= 15 is 0 Å². The third-order valence-corrected chi connectivity index (χ3v) is 3.24. The van der Waals surface area contributed by atoms with Crippen molar-refractivity contribution in [3.63, 3.8) is 0 Å². The zero-order valence-electron chi connectivity index (χ0n) is 12.0. The van der Waals surface area contributed by atoms with Crippen molar-refractivity contribution in [2.75, 3.05) is 6.54 Å². The molecule has 0 radical (unpaired) electrons. The number of nitrogens with two attached hydrogens (primary N) is 1. The average Bonchev–Trinajstić information content (AvgIpc) is 2.54. The fourth-order valence-corrected chi connectivity index (χ4v) is 2.11. The standard InChI is InChI=1S/C17H21N3O/c18-12-16(11-14-7-3-1-4-8-14)20-17(21)19-13-15-9-5-2-6-10-15/h1-10,16H,11-13,18H2,(H2,19,20,21). The number of hydrogen-bond acceptors (Lipinski definition) is 2. The molecule has 1 unspecified atom stereocenters. The molecule has 2 aromatic carbocycles. The van der Waals surface area contributed by atoms with Gasteiger partial charge < -0.3 is 16.4 Å². The molecule has 4 N–H and O–H groups in total. The number of urea groups is 1. The lowest BCUT2D eigenvalue weighted by Crippen LogP contribution is -2.46. The van der Waals surface area contributed by atoms with Gasteiger partial charge in [0.05, 0.1) is 0 Å². The SMILES string of the molecule is NCC(Cc1ccccc1)NC(=O)NCc1ccccc1. The highest BCUT2D eigenvalue weighted by molar-refractivity contribution is 5.74. The fraction of sp³-hybridized carbons (Fsp3) is 0.235. The van der Waals surface area contributed by atoms with E-state index in [1.165, 1.54) is 0 Å². The Morgan fingerprint density at radius 1 is 0.952 bits per heavy atom. The average molecular weight is 283 g/mol. The molecule has 0 aliphatic rings. The van der Waals surface area contributed by atoms with Crippen LogP contribution in [0.5, 0.6) is 0 Å². The number of nitrogens with one attached hydrogen (secondary N) is 2. The molecule has 21 heavy (non-hydrogen) atoms. The highest BCUT2D eigenvalue weighted by atomic mass is 16.2. The maximum atomic E-state index is 11.9. The predicted molar refractivity (Wildman–Crippen MR) is 84.8 cm³/mol. The number of amides is 2. The van der Waals surface area contributed by atoms with E-state index in [4.69, 9.17) is 5.73 Å². The number of rotatable bonds is 6. The Balaban J connectivity index is 1.80. The van der Waals surface area contributed by atoms with E-state index in [-0.39, 0.29) is 12.1 Å². The van der Waals surface area contributed by atoms with Crippen molar-refractivity contribution in [2.24, 2.45) is 5.73 Å². The van der Waals surface area contributed by atoms with Crippen molar-refractivity contribution in [1.29, 1.82) is 0 Å². The molecule has 0 fully saturated rings. The summed E-state index contributed by atoms with van der Waals surface area (Å²) in [5, 5.41) is 5.75. The molecular weight excluding hydrogens is 262 g/mol. The van der Waals surface area contributed by atoms with Crippen molar-refractivity contribution < 1.29 is 4.79 Å². The third kappa shape index (κ3) is 5.28. The summed E-state index contributed by atoms with van der Waals surface area (Å²) < 4.78 is 0. The number of carbonyl (C=O) groups is 1. The zero-order valence-corrected chi connectivity index (χ0v) is 12.0. The van der Waals surface area contributed by atoms with Crippen LogP contribution in [-0.4, -0.2) is 18.6 Å². The molecule has 0 heterocycles. The molecule has 2 amide bonds. The lowest BCUT2D eigenvalue weighted by Gasteiger charge is -2.17. The van der Waals surface area contributed by atoms with Gasteiger partial charge in [0.2, 0.25) is 0 Å². The predicted octanol–water partition coefficient (Wildman–Crippen LogP) is 2.06. The molecule has 0 aromatic heterocycles. The first-order valence-corrected chi connectivity index (χ1v) is 7.10. The van der Waals surface area contributed by atoms with E-state index in [0.717, 1.165) is 17.5 Å². The minimum atomic E-state index is -0.190. The van der Waals surface area contributed by atoms with Gasteiger partial charge in [-0.15, -0.1) is 0 Å². The molecule has 110 valence electrons. The summed E-state index contributed by atoms with van der Waals surface area (Å²) >= 11 is 0. The molecule has 0 saturated carbocycles. The van der Waals surface area contributed by atoms with Crippen LogP contribution in [0.1, 0.15) is 11.1 Å². The fourth-order valence-electron chi connectivity index (χ4n) is 2.11. The largest absolute Gasteiger partial charge is 0.334 e. The van der Waals surface area contributed by atoms with Crippen LogP contribution < -0.4 is 16.4 Å². The van der Waals surface area contributed by atoms with Crippen LogP contribution in [0.3, 0.4) is 0 Å². The molecule has 2 aromatic rings. The lowest BCUT2D eigenvalue weighted by molar-refractivity contribution is 0.236. The summed E-state index contributed by atoms with van der Waals surface area (Å²) in [4.78, 5) is 11.9. The van der Waals surface area contributed by atoms with Crippen LogP contribution >= 0.6 is 0 Å². The van der Waals surface area contributed by atoms with Crippen LogP contribution in [0.2, 0.25) is 0 Å². The van der Waals surface area contributed by atoms with Gasteiger partial charge in [-0.3, -0.25) is 0 Å². The van der Waals surface area contributed by atoms with Gasteiger partial charge in [-0.05, 0) is 17.5 Å². The third-order valence-electron chi connectivity index (χ3n) is 3.24. The van der Waals surface area contributed by atoms with Gasteiger partial charge in [0.25, 0.3) is 0 Å². The van der Waals surface area contributed by atoms with Crippen LogP contribution in [0.25, 0.3) is 0 Å². The van der Waals surface area contributed by atoms with Crippen molar-refractivity contribution in [3.8, 4) is 0 Å². The van der Waals surface area contributed by atoms with Crippen LogP contribution in [0.15, 0.2) is 60.7 Å². The first kappa shape index (κ1) is 15.1. The second-order valence-corrected chi connectivity index (χ2v) is 4.93. The maximum absolute atomic E-state index is 11.9.